The van der Waals surface area contributed by atoms with E-state index in [0.717, 1.165) is 6.07 Å². The lowest BCUT2D eigenvalue weighted by Gasteiger charge is -2.32. The molecule has 0 unspecified atom stereocenters. The number of nitrogens with one attached hydrogen (secondary N) is 1. The van der Waals surface area contributed by atoms with Crippen LogP contribution in [0.4, 0.5) is 29.3 Å². The predicted octanol–water partition coefficient (Wildman–Crippen LogP) is 5.07. The van der Waals surface area contributed by atoms with Crippen molar-refractivity contribution in [1.82, 2.24) is 10.2 Å². The number of benzene rings is 2. The molecule has 1 fully saturated rings. The number of hydrogen-bond acceptors (Lipinski definition) is 5. The second-order valence-corrected chi connectivity index (χ2v) is 10.0. The maximum absolute atomic E-state index is 13.7. The first-order chi connectivity index (χ1) is 16.7. The van der Waals surface area contributed by atoms with E-state index >= 15 is 0 Å². The summed E-state index contributed by atoms with van der Waals surface area (Å²) in [5, 5.41) is 2.73. The summed E-state index contributed by atoms with van der Waals surface area (Å²) in [5.74, 6) is -0.311. The van der Waals surface area contributed by atoms with Crippen molar-refractivity contribution in [2.24, 2.45) is 0 Å². The van der Waals surface area contributed by atoms with Gasteiger partial charge in [0.2, 0.25) is 5.91 Å². The molecule has 1 aliphatic rings. The SMILES string of the molecule is CC(C)(C)OC(=O)NCC(=O)N1CC[C@H](N(Cc2ccccc2C(F)(F)F)c2ccc(N)c(Cl)c2)C1. The van der Waals surface area contributed by atoms with Crippen LogP contribution in [0.2, 0.25) is 5.02 Å². The number of amides is 2. The summed E-state index contributed by atoms with van der Waals surface area (Å²) in [7, 11) is 0. The average Bonchev–Trinajstić information content (AvgIpc) is 3.26. The molecular weight excluding hydrogens is 497 g/mol. The van der Waals surface area contributed by atoms with Crippen molar-refractivity contribution in [1.29, 1.82) is 0 Å². The number of ether oxygens (including phenoxy) is 1. The van der Waals surface area contributed by atoms with Crippen LogP contribution in [0.3, 0.4) is 0 Å². The lowest BCUT2D eigenvalue weighted by atomic mass is 10.0. The molecule has 0 aromatic heterocycles. The highest BCUT2D eigenvalue weighted by Crippen LogP contribution is 2.35. The summed E-state index contributed by atoms with van der Waals surface area (Å²) in [6, 6.07) is 10.0. The third kappa shape index (κ3) is 7.19. The van der Waals surface area contributed by atoms with Gasteiger partial charge in [0.05, 0.1) is 16.3 Å². The van der Waals surface area contributed by atoms with Gasteiger partial charge in [-0.2, -0.15) is 13.2 Å². The zero-order chi connectivity index (χ0) is 26.7. The normalized spacial score (nSPS) is 16.1. The number of rotatable bonds is 6. The predicted molar refractivity (Wildman–Crippen MR) is 133 cm³/mol. The van der Waals surface area contributed by atoms with Gasteiger partial charge in [-0.3, -0.25) is 4.79 Å². The van der Waals surface area contributed by atoms with Gasteiger partial charge in [-0.1, -0.05) is 29.8 Å². The Hall–Kier alpha value is -3.14. The first-order valence-electron chi connectivity index (χ1n) is 11.5. The minimum Gasteiger partial charge on any atom is -0.444 e. The molecule has 0 aliphatic carbocycles. The molecule has 1 aliphatic heterocycles. The summed E-state index contributed by atoms with van der Waals surface area (Å²) in [6.07, 6.45) is -4.69. The molecule has 2 aromatic carbocycles. The molecule has 0 bridgehead atoms. The van der Waals surface area contributed by atoms with Gasteiger partial charge >= 0.3 is 12.3 Å². The molecule has 3 N–H and O–H groups in total. The number of nitrogens with two attached hydrogens (primary N) is 1. The molecule has 2 amide bonds. The number of halogens is 4. The Balaban J connectivity index is 1.79. The van der Waals surface area contributed by atoms with Crippen molar-refractivity contribution in [3.63, 3.8) is 0 Å². The molecule has 1 saturated heterocycles. The maximum atomic E-state index is 13.7. The van der Waals surface area contributed by atoms with Crippen LogP contribution in [-0.4, -0.2) is 48.2 Å². The molecule has 0 spiro atoms. The fraction of sp³-hybridized carbons (Fsp3) is 0.440. The van der Waals surface area contributed by atoms with Gasteiger partial charge in [0, 0.05) is 31.4 Å². The van der Waals surface area contributed by atoms with Crippen LogP contribution in [0.1, 0.15) is 38.3 Å². The van der Waals surface area contributed by atoms with Gasteiger partial charge in [-0.05, 0) is 57.0 Å². The lowest BCUT2D eigenvalue weighted by Crippen LogP contribution is -2.43. The van der Waals surface area contributed by atoms with Crippen LogP contribution in [0.5, 0.6) is 0 Å². The van der Waals surface area contributed by atoms with Gasteiger partial charge in [-0.15, -0.1) is 0 Å². The van der Waals surface area contributed by atoms with Crippen LogP contribution < -0.4 is 16.0 Å². The quantitative estimate of drug-likeness (QED) is 0.513. The van der Waals surface area contributed by atoms with Crippen LogP contribution in [0.25, 0.3) is 0 Å². The Morgan fingerprint density at radius 2 is 1.89 bits per heavy atom. The summed E-state index contributed by atoms with van der Waals surface area (Å²) in [6.45, 7) is 5.52. The van der Waals surface area contributed by atoms with E-state index < -0.39 is 23.4 Å². The van der Waals surface area contributed by atoms with Gasteiger partial charge in [0.15, 0.2) is 0 Å². The van der Waals surface area contributed by atoms with Gasteiger partial charge in [-0.25, -0.2) is 4.79 Å². The van der Waals surface area contributed by atoms with Crippen molar-refractivity contribution in [3.8, 4) is 0 Å². The number of nitrogen functional groups attached to an aromatic ring is 1. The van der Waals surface area contributed by atoms with E-state index in [1.807, 2.05) is 4.90 Å². The number of nitrogens with zero attached hydrogens (tertiary/aromatic N) is 2. The monoisotopic (exact) mass is 526 g/mol. The summed E-state index contributed by atoms with van der Waals surface area (Å²) in [4.78, 5) is 28.0. The largest absolute Gasteiger partial charge is 0.444 e. The van der Waals surface area contributed by atoms with E-state index in [9.17, 15) is 22.8 Å². The van der Waals surface area contributed by atoms with Crippen molar-refractivity contribution < 1.29 is 27.5 Å². The highest BCUT2D eigenvalue weighted by atomic mass is 35.5. The molecule has 0 radical (unpaired) electrons. The molecule has 11 heteroatoms. The van der Waals surface area contributed by atoms with Crippen LogP contribution in [0, 0.1) is 0 Å². The molecule has 1 atom stereocenters. The van der Waals surface area contributed by atoms with Gasteiger partial charge in [0.1, 0.15) is 12.1 Å². The molecule has 0 saturated carbocycles. The zero-order valence-electron chi connectivity index (χ0n) is 20.4. The Kier molecular flexibility index (Phi) is 8.28. The van der Waals surface area contributed by atoms with Crippen molar-refractivity contribution in [2.75, 3.05) is 30.3 Å². The molecule has 2 aromatic rings. The van der Waals surface area contributed by atoms with E-state index in [1.165, 1.54) is 12.1 Å². The Bertz CT molecular complexity index is 1100. The summed E-state index contributed by atoms with van der Waals surface area (Å²) >= 11 is 6.22. The van der Waals surface area contributed by atoms with Crippen molar-refractivity contribution >= 4 is 35.0 Å². The zero-order valence-corrected chi connectivity index (χ0v) is 21.1. The summed E-state index contributed by atoms with van der Waals surface area (Å²) in [5.41, 5.74) is 5.48. The highest BCUT2D eigenvalue weighted by molar-refractivity contribution is 6.33. The fourth-order valence-corrected chi connectivity index (χ4v) is 4.22. The standard InChI is InChI=1S/C25H30ClF3N4O3/c1-24(2,3)36-23(35)31-13-22(34)32-11-10-18(15-32)33(17-8-9-21(30)20(26)12-17)14-16-6-4-5-7-19(16)25(27,28)29/h4-9,12,18H,10-11,13-15,30H2,1-3H3,(H,31,35)/t18-/m0/s1. The minimum absolute atomic E-state index is 0.0429. The number of carbonyl (C=O) groups is 2. The second kappa shape index (κ2) is 10.9. The van der Waals surface area contributed by atoms with E-state index in [2.05, 4.69) is 5.32 Å². The number of carbonyl (C=O) groups excluding carboxylic acids is 2. The number of likely N-dealkylation sites (tertiary alicyclic amines) is 1. The first-order valence-corrected chi connectivity index (χ1v) is 11.8. The van der Waals surface area contributed by atoms with E-state index in [1.54, 1.807) is 49.9 Å². The van der Waals surface area contributed by atoms with Crippen LogP contribution in [0.15, 0.2) is 42.5 Å². The van der Waals surface area contributed by atoms with Crippen LogP contribution in [-0.2, 0) is 22.3 Å². The molecule has 196 valence electrons. The Morgan fingerprint density at radius 3 is 2.53 bits per heavy atom. The number of anilines is 2. The average molecular weight is 527 g/mol. The summed E-state index contributed by atoms with van der Waals surface area (Å²) < 4.78 is 46.1. The van der Waals surface area contributed by atoms with Gasteiger partial charge in [0.25, 0.3) is 0 Å². The fourth-order valence-electron chi connectivity index (χ4n) is 4.04. The third-order valence-corrected chi connectivity index (χ3v) is 6.05. The Labute approximate surface area is 213 Å². The molecule has 36 heavy (non-hydrogen) atoms. The molecule has 7 nitrogen and oxygen atoms in total. The van der Waals surface area contributed by atoms with Crippen LogP contribution >= 0.6 is 11.6 Å². The molecule has 1 heterocycles. The van der Waals surface area contributed by atoms with Crippen molar-refractivity contribution in [3.05, 3.63) is 58.6 Å². The topological polar surface area (TPSA) is 87.9 Å². The second-order valence-electron chi connectivity index (χ2n) is 9.63. The molecular formula is C25H30ClF3N4O3. The van der Waals surface area contributed by atoms with E-state index in [0.29, 0.717) is 24.3 Å². The number of alkyl halides is 3. The Morgan fingerprint density at radius 1 is 1.19 bits per heavy atom. The van der Waals surface area contributed by atoms with E-state index in [-0.39, 0.29) is 42.2 Å². The third-order valence-electron chi connectivity index (χ3n) is 5.72. The maximum Gasteiger partial charge on any atom is 0.416 e. The van der Waals surface area contributed by atoms with Crippen molar-refractivity contribution in [2.45, 2.75) is 51.6 Å². The first kappa shape index (κ1) is 27.4. The van der Waals surface area contributed by atoms with Gasteiger partial charge < -0.3 is 25.6 Å². The lowest BCUT2D eigenvalue weighted by molar-refractivity contribution is -0.138. The number of hydrogen-bond donors (Lipinski definition) is 2. The smallest absolute Gasteiger partial charge is 0.416 e. The van der Waals surface area contributed by atoms with E-state index in [4.69, 9.17) is 22.1 Å². The minimum atomic E-state index is -4.51. The number of alkyl carbamates (subject to hydrolysis) is 1. The molecule has 3 rings (SSSR count). The highest BCUT2D eigenvalue weighted by Gasteiger charge is 2.36.